The summed E-state index contributed by atoms with van der Waals surface area (Å²) < 4.78 is 5.84. The maximum Gasteiger partial charge on any atom is 0.121 e. The summed E-state index contributed by atoms with van der Waals surface area (Å²) in [5.41, 5.74) is 1.90. The van der Waals surface area contributed by atoms with Crippen LogP contribution in [0.5, 0.6) is 5.75 Å². The van der Waals surface area contributed by atoms with Gasteiger partial charge in [0.25, 0.3) is 0 Å². The molecule has 2 N–H and O–H groups in total. The Morgan fingerprint density at radius 2 is 1.69 bits per heavy atom. The molecule has 0 aliphatic rings. The Labute approximate surface area is 167 Å². The lowest BCUT2D eigenvalue weighted by Crippen LogP contribution is -2.13. The van der Waals surface area contributed by atoms with E-state index in [1.807, 2.05) is 30.3 Å². The van der Waals surface area contributed by atoms with Crippen LogP contribution >= 0.6 is 23.2 Å². The third kappa shape index (κ3) is 7.76. The first kappa shape index (κ1) is 20.7. The van der Waals surface area contributed by atoms with Crippen LogP contribution in [0.4, 0.5) is 11.4 Å². The van der Waals surface area contributed by atoms with E-state index in [0.29, 0.717) is 10.0 Å². The van der Waals surface area contributed by atoms with Crippen LogP contribution in [0, 0.1) is 0 Å². The summed E-state index contributed by atoms with van der Waals surface area (Å²) in [4.78, 5) is 0. The van der Waals surface area contributed by atoms with Crippen LogP contribution in [0.1, 0.15) is 39.0 Å². The lowest BCUT2D eigenvalue weighted by Gasteiger charge is -2.12. The lowest BCUT2D eigenvalue weighted by molar-refractivity contribution is 0.304. The predicted molar refractivity (Wildman–Crippen MR) is 114 cm³/mol. The minimum Gasteiger partial charge on any atom is -0.494 e. The van der Waals surface area contributed by atoms with Gasteiger partial charge in [0, 0.05) is 29.9 Å². The molecule has 142 valence electrons. The fraction of sp³-hybridized carbons (Fsp3) is 0.429. The fourth-order valence-electron chi connectivity index (χ4n) is 2.63. The molecule has 2 aromatic carbocycles. The Kier molecular flexibility index (Phi) is 9.51. The quantitative estimate of drug-likeness (QED) is 0.385. The van der Waals surface area contributed by atoms with Crippen molar-refractivity contribution in [3.63, 3.8) is 0 Å². The van der Waals surface area contributed by atoms with Gasteiger partial charge in [-0.15, -0.1) is 0 Å². The molecule has 0 saturated heterocycles. The predicted octanol–water partition coefficient (Wildman–Crippen LogP) is 6.87. The third-order valence-corrected chi connectivity index (χ3v) is 4.61. The summed E-state index contributed by atoms with van der Waals surface area (Å²) in [6.07, 6.45) is 6.23. The molecule has 0 heterocycles. The van der Waals surface area contributed by atoms with Crippen LogP contribution < -0.4 is 15.4 Å². The van der Waals surface area contributed by atoms with E-state index in [1.165, 1.54) is 25.7 Å². The zero-order chi connectivity index (χ0) is 18.6. The van der Waals surface area contributed by atoms with Gasteiger partial charge in [-0.3, -0.25) is 0 Å². The number of hydrogen-bond donors (Lipinski definition) is 2. The molecule has 3 nitrogen and oxygen atoms in total. The van der Waals surface area contributed by atoms with Gasteiger partial charge in [0.2, 0.25) is 0 Å². The van der Waals surface area contributed by atoms with E-state index in [0.717, 1.165) is 43.2 Å². The van der Waals surface area contributed by atoms with Gasteiger partial charge >= 0.3 is 0 Å². The number of anilines is 2. The van der Waals surface area contributed by atoms with Crippen molar-refractivity contribution in [3.05, 3.63) is 52.5 Å². The maximum absolute atomic E-state index is 6.14. The van der Waals surface area contributed by atoms with Crippen molar-refractivity contribution in [2.24, 2.45) is 0 Å². The van der Waals surface area contributed by atoms with Gasteiger partial charge in [-0.1, -0.05) is 61.9 Å². The van der Waals surface area contributed by atoms with Crippen LogP contribution in [0.15, 0.2) is 42.5 Å². The minimum absolute atomic E-state index is 0.670. The molecule has 26 heavy (non-hydrogen) atoms. The Balaban J connectivity index is 1.68. The fourth-order valence-corrected chi connectivity index (χ4v) is 2.98. The first-order chi connectivity index (χ1) is 12.7. The van der Waals surface area contributed by atoms with Crippen LogP contribution in [0.3, 0.4) is 0 Å². The number of rotatable bonds is 12. The number of benzene rings is 2. The number of unbranched alkanes of at least 4 members (excludes halogenated alkanes) is 4. The van der Waals surface area contributed by atoms with E-state index in [9.17, 15) is 0 Å². The van der Waals surface area contributed by atoms with Crippen LogP contribution in [-0.2, 0) is 0 Å². The van der Waals surface area contributed by atoms with Crippen molar-refractivity contribution in [2.45, 2.75) is 39.0 Å². The Bertz CT molecular complexity index is 664. The molecule has 0 unspecified atom stereocenters. The second kappa shape index (κ2) is 11.9. The average molecular weight is 395 g/mol. The largest absolute Gasteiger partial charge is 0.494 e. The molecule has 2 aromatic rings. The summed E-state index contributed by atoms with van der Waals surface area (Å²) >= 11 is 12.1. The van der Waals surface area contributed by atoms with Gasteiger partial charge in [-0.2, -0.15) is 0 Å². The highest BCUT2D eigenvalue weighted by molar-refractivity contribution is 6.35. The van der Waals surface area contributed by atoms with E-state index < -0.39 is 0 Å². The molecule has 0 fully saturated rings. The summed E-state index contributed by atoms with van der Waals surface area (Å²) in [5.74, 6) is 0.913. The molecule has 0 amide bonds. The van der Waals surface area contributed by atoms with Gasteiger partial charge in [-0.05, 0) is 36.8 Å². The zero-order valence-corrected chi connectivity index (χ0v) is 16.9. The van der Waals surface area contributed by atoms with Crippen molar-refractivity contribution >= 4 is 34.6 Å². The SMILES string of the molecule is CCCCCCCOc1cccc(NCCNc2cc(Cl)ccc2Cl)c1. The highest BCUT2D eigenvalue weighted by atomic mass is 35.5. The summed E-state index contributed by atoms with van der Waals surface area (Å²) in [7, 11) is 0. The first-order valence-corrected chi connectivity index (χ1v) is 10.1. The van der Waals surface area contributed by atoms with Crippen molar-refractivity contribution in [1.29, 1.82) is 0 Å². The van der Waals surface area contributed by atoms with E-state index in [1.54, 1.807) is 12.1 Å². The van der Waals surface area contributed by atoms with E-state index in [2.05, 4.69) is 17.6 Å². The van der Waals surface area contributed by atoms with Crippen molar-refractivity contribution < 1.29 is 4.74 Å². The van der Waals surface area contributed by atoms with Gasteiger partial charge in [-0.25, -0.2) is 0 Å². The first-order valence-electron chi connectivity index (χ1n) is 9.34. The summed E-state index contributed by atoms with van der Waals surface area (Å²) in [6.45, 7) is 4.52. The standard InChI is InChI=1S/C21H28Cl2N2O/c1-2-3-4-5-6-14-26-19-9-7-8-18(16-19)24-12-13-25-21-15-17(22)10-11-20(21)23/h7-11,15-16,24-25H,2-6,12-14H2,1H3. The van der Waals surface area contributed by atoms with Crippen LogP contribution in [-0.4, -0.2) is 19.7 Å². The third-order valence-electron chi connectivity index (χ3n) is 4.05. The molecule has 0 aliphatic carbocycles. The van der Waals surface area contributed by atoms with Gasteiger partial charge in [0.05, 0.1) is 17.3 Å². The topological polar surface area (TPSA) is 33.3 Å². The number of hydrogen-bond acceptors (Lipinski definition) is 3. The monoisotopic (exact) mass is 394 g/mol. The van der Waals surface area contributed by atoms with Gasteiger partial charge in [0.1, 0.15) is 5.75 Å². The van der Waals surface area contributed by atoms with Crippen LogP contribution in [0.25, 0.3) is 0 Å². The minimum atomic E-state index is 0.670. The molecule has 0 saturated carbocycles. The van der Waals surface area contributed by atoms with Crippen molar-refractivity contribution in [3.8, 4) is 5.75 Å². The molecule has 0 radical (unpaired) electrons. The molecule has 0 spiro atoms. The number of ether oxygens (including phenoxy) is 1. The molecule has 0 bridgehead atoms. The molecular formula is C21H28Cl2N2O. The lowest BCUT2D eigenvalue weighted by atomic mass is 10.2. The molecule has 2 rings (SSSR count). The Morgan fingerprint density at radius 1 is 0.885 bits per heavy atom. The average Bonchev–Trinajstić information content (AvgIpc) is 2.65. The van der Waals surface area contributed by atoms with E-state index in [4.69, 9.17) is 27.9 Å². The molecular weight excluding hydrogens is 367 g/mol. The maximum atomic E-state index is 6.14. The zero-order valence-electron chi connectivity index (χ0n) is 15.4. The van der Waals surface area contributed by atoms with E-state index in [-0.39, 0.29) is 0 Å². The highest BCUT2D eigenvalue weighted by Crippen LogP contribution is 2.25. The second-order valence-corrected chi connectivity index (χ2v) is 7.11. The molecule has 0 aromatic heterocycles. The van der Waals surface area contributed by atoms with Gasteiger partial charge in [0.15, 0.2) is 0 Å². The molecule has 5 heteroatoms. The molecule has 0 atom stereocenters. The Hall–Kier alpha value is -1.58. The van der Waals surface area contributed by atoms with Crippen molar-refractivity contribution in [2.75, 3.05) is 30.3 Å². The van der Waals surface area contributed by atoms with E-state index >= 15 is 0 Å². The normalized spacial score (nSPS) is 10.6. The highest BCUT2D eigenvalue weighted by Gasteiger charge is 2.01. The van der Waals surface area contributed by atoms with Crippen LogP contribution in [0.2, 0.25) is 10.0 Å². The number of halogens is 2. The summed E-state index contributed by atoms with van der Waals surface area (Å²) in [5, 5.41) is 8.02. The molecule has 0 aliphatic heterocycles. The summed E-state index contributed by atoms with van der Waals surface area (Å²) in [6, 6.07) is 13.5. The van der Waals surface area contributed by atoms with Gasteiger partial charge < -0.3 is 15.4 Å². The second-order valence-electron chi connectivity index (χ2n) is 6.27. The Morgan fingerprint density at radius 3 is 2.54 bits per heavy atom. The smallest absolute Gasteiger partial charge is 0.121 e. The van der Waals surface area contributed by atoms with Crippen molar-refractivity contribution in [1.82, 2.24) is 0 Å². The number of nitrogens with one attached hydrogen (secondary N) is 2.